The van der Waals surface area contributed by atoms with Crippen molar-refractivity contribution in [3.63, 3.8) is 0 Å². The second kappa shape index (κ2) is 11.1. The Hall–Kier alpha value is -3.18. The van der Waals surface area contributed by atoms with Crippen LogP contribution in [-0.4, -0.2) is 42.1 Å². The molecule has 37 heavy (non-hydrogen) atoms. The number of fused-ring (bicyclic) bond motifs is 3. The molecule has 1 saturated heterocycles. The molecule has 0 atom stereocenters. The number of rotatable bonds is 7. The molecule has 6 rings (SSSR count). The van der Waals surface area contributed by atoms with Gasteiger partial charge in [-0.2, -0.15) is 0 Å². The van der Waals surface area contributed by atoms with E-state index in [0.29, 0.717) is 6.04 Å². The molecule has 0 radical (unpaired) electrons. The van der Waals surface area contributed by atoms with Crippen molar-refractivity contribution in [1.82, 2.24) is 15.2 Å². The van der Waals surface area contributed by atoms with Gasteiger partial charge in [-0.15, -0.1) is 0 Å². The highest BCUT2D eigenvalue weighted by molar-refractivity contribution is 6.31. The van der Waals surface area contributed by atoms with Crippen LogP contribution >= 0.6 is 11.6 Å². The monoisotopic (exact) mass is 508 g/mol. The highest BCUT2D eigenvalue weighted by Crippen LogP contribution is 2.34. The summed E-state index contributed by atoms with van der Waals surface area (Å²) in [6.45, 7) is 4.35. The average molecular weight is 509 g/mol. The Kier molecular flexibility index (Phi) is 7.22. The van der Waals surface area contributed by atoms with Gasteiger partial charge in [0, 0.05) is 34.9 Å². The van der Waals surface area contributed by atoms with Gasteiger partial charge in [-0.1, -0.05) is 72.3 Å². The van der Waals surface area contributed by atoms with Crippen LogP contribution in [0.5, 0.6) is 0 Å². The Morgan fingerprint density at radius 2 is 1.57 bits per heavy atom. The Balaban J connectivity index is 1.02. The van der Waals surface area contributed by atoms with E-state index in [9.17, 15) is 0 Å². The van der Waals surface area contributed by atoms with E-state index in [0.717, 1.165) is 54.2 Å². The van der Waals surface area contributed by atoms with Crippen molar-refractivity contribution in [1.29, 1.82) is 0 Å². The lowest BCUT2D eigenvalue weighted by Crippen LogP contribution is -2.44. The zero-order valence-electron chi connectivity index (χ0n) is 21.0. The minimum Gasteiger partial charge on any atom is -0.384 e. The molecule has 1 aliphatic carbocycles. The lowest BCUT2D eigenvalue weighted by atomic mass is 9.92. The highest BCUT2D eigenvalue weighted by Gasteiger charge is 2.26. The Morgan fingerprint density at radius 3 is 2.30 bits per heavy atom. The third-order valence-electron chi connectivity index (χ3n) is 7.72. The number of nitrogens with one attached hydrogen (secondary N) is 2. The lowest BCUT2D eigenvalue weighted by Gasteiger charge is -2.35. The van der Waals surface area contributed by atoms with E-state index in [4.69, 9.17) is 11.6 Å². The fourth-order valence-corrected chi connectivity index (χ4v) is 5.90. The smallest absolute Gasteiger partial charge is 0.0737 e. The van der Waals surface area contributed by atoms with Crippen LogP contribution in [0.1, 0.15) is 47.6 Å². The molecule has 2 N–H and O–H groups in total. The number of halogens is 1. The fraction of sp³-hybridized carbons (Fsp3) is 0.281. The molecule has 2 heterocycles. The zero-order valence-corrected chi connectivity index (χ0v) is 21.8. The standard InChI is InChI=1S/C32H33ClN4/c33-25-12-13-29-30(14-18-35-31(29)22-25)34-17-5-19-37-20-15-26(16-21-37)36-32-27-8-3-1-6-23(27)10-11-24-7-2-4-9-28(24)32/h1-4,6-14,18,22,26,32,36H,5,15-17,19-21H2,(H,34,35). The summed E-state index contributed by atoms with van der Waals surface area (Å²) in [7, 11) is 0. The third-order valence-corrected chi connectivity index (χ3v) is 7.95. The number of hydrogen-bond donors (Lipinski definition) is 2. The minimum atomic E-state index is 0.230. The van der Waals surface area contributed by atoms with Crippen LogP contribution < -0.4 is 10.6 Å². The van der Waals surface area contributed by atoms with Gasteiger partial charge in [0.1, 0.15) is 0 Å². The van der Waals surface area contributed by atoms with Crippen LogP contribution in [0.15, 0.2) is 79.0 Å². The number of pyridine rings is 1. The molecule has 3 aromatic carbocycles. The van der Waals surface area contributed by atoms with Crippen molar-refractivity contribution in [3.8, 4) is 0 Å². The van der Waals surface area contributed by atoms with Crippen LogP contribution in [-0.2, 0) is 0 Å². The molecule has 188 valence electrons. The summed E-state index contributed by atoms with van der Waals surface area (Å²) in [5, 5.41) is 9.49. The van der Waals surface area contributed by atoms with Crippen molar-refractivity contribution >= 4 is 40.3 Å². The number of benzene rings is 3. The van der Waals surface area contributed by atoms with E-state index < -0.39 is 0 Å². The predicted molar refractivity (Wildman–Crippen MR) is 156 cm³/mol. The molecule has 1 aromatic heterocycles. The summed E-state index contributed by atoms with van der Waals surface area (Å²) in [6.07, 6.45) is 9.84. The van der Waals surface area contributed by atoms with Crippen LogP contribution in [0, 0.1) is 0 Å². The topological polar surface area (TPSA) is 40.2 Å². The molecule has 0 spiro atoms. The number of hydrogen-bond acceptors (Lipinski definition) is 4. The van der Waals surface area contributed by atoms with Gasteiger partial charge in [-0.25, -0.2) is 0 Å². The molecule has 1 fully saturated rings. The number of anilines is 1. The van der Waals surface area contributed by atoms with E-state index in [-0.39, 0.29) is 6.04 Å². The van der Waals surface area contributed by atoms with Crippen LogP contribution in [0.25, 0.3) is 23.1 Å². The van der Waals surface area contributed by atoms with Crippen molar-refractivity contribution in [2.24, 2.45) is 0 Å². The summed E-state index contributed by atoms with van der Waals surface area (Å²) in [5.74, 6) is 0. The first-order chi connectivity index (χ1) is 18.2. The first-order valence-corrected chi connectivity index (χ1v) is 13.7. The van der Waals surface area contributed by atoms with E-state index in [1.54, 1.807) is 0 Å². The van der Waals surface area contributed by atoms with Crippen LogP contribution in [0.3, 0.4) is 0 Å². The predicted octanol–water partition coefficient (Wildman–Crippen LogP) is 7.02. The molecule has 0 amide bonds. The summed E-state index contributed by atoms with van der Waals surface area (Å²) in [4.78, 5) is 7.05. The van der Waals surface area contributed by atoms with Gasteiger partial charge < -0.3 is 15.5 Å². The van der Waals surface area contributed by atoms with E-state index in [1.807, 2.05) is 30.5 Å². The first kappa shape index (κ1) is 24.2. The molecule has 2 aliphatic rings. The van der Waals surface area contributed by atoms with Crippen molar-refractivity contribution < 1.29 is 0 Å². The van der Waals surface area contributed by atoms with Crippen molar-refractivity contribution in [3.05, 3.63) is 106 Å². The van der Waals surface area contributed by atoms with Gasteiger partial charge in [0.05, 0.1) is 11.6 Å². The van der Waals surface area contributed by atoms with Crippen molar-refractivity contribution in [2.45, 2.75) is 31.3 Å². The molecule has 0 bridgehead atoms. The molecule has 0 saturated carbocycles. The maximum absolute atomic E-state index is 6.13. The second-order valence-corrected chi connectivity index (χ2v) is 10.5. The van der Waals surface area contributed by atoms with Gasteiger partial charge in [0.15, 0.2) is 0 Å². The van der Waals surface area contributed by atoms with Gasteiger partial charge in [-0.3, -0.25) is 4.98 Å². The molecule has 4 aromatic rings. The molecule has 0 unspecified atom stereocenters. The highest BCUT2D eigenvalue weighted by atomic mass is 35.5. The summed E-state index contributed by atoms with van der Waals surface area (Å²) < 4.78 is 0. The normalized spacial score (nSPS) is 16.4. The fourth-order valence-electron chi connectivity index (χ4n) is 5.74. The Labute approximate surface area is 224 Å². The molecule has 1 aliphatic heterocycles. The maximum Gasteiger partial charge on any atom is 0.0737 e. The zero-order chi connectivity index (χ0) is 25.0. The van der Waals surface area contributed by atoms with Gasteiger partial charge in [0.25, 0.3) is 0 Å². The Bertz CT molecular complexity index is 1360. The third kappa shape index (κ3) is 5.42. The quantitative estimate of drug-likeness (QED) is 0.263. The minimum absolute atomic E-state index is 0.230. The largest absolute Gasteiger partial charge is 0.384 e. The average Bonchev–Trinajstić information content (AvgIpc) is 3.09. The number of piperidine rings is 1. The summed E-state index contributed by atoms with van der Waals surface area (Å²) in [5.41, 5.74) is 7.44. The van der Waals surface area contributed by atoms with Crippen LogP contribution in [0.2, 0.25) is 5.02 Å². The van der Waals surface area contributed by atoms with Crippen molar-refractivity contribution in [2.75, 3.05) is 31.5 Å². The van der Waals surface area contributed by atoms with E-state index in [2.05, 4.69) is 81.2 Å². The lowest BCUT2D eigenvalue weighted by molar-refractivity contribution is 0.193. The maximum atomic E-state index is 6.13. The molecule has 5 heteroatoms. The molecular formula is C32H33ClN4. The SMILES string of the molecule is Clc1ccc2c(NCCCN3CCC(NC4c5ccccc5C=Cc5ccccc54)CC3)ccnc2c1. The Morgan fingerprint density at radius 1 is 0.865 bits per heavy atom. The number of nitrogens with zero attached hydrogens (tertiary/aromatic N) is 2. The first-order valence-electron chi connectivity index (χ1n) is 13.4. The summed E-state index contributed by atoms with van der Waals surface area (Å²) >= 11 is 6.13. The number of aromatic nitrogens is 1. The molecular weight excluding hydrogens is 476 g/mol. The van der Waals surface area contributed by atoms with Crippen LogP contribution in [0.4, 0.5) is 5.69 Å². The molecule has 4 nitrogen and oxygen atoms in total. The summed E-state index contributed by atoms with van der Waals surface area (Å²) in [6, 6.07) is 26.3. The van der Waals surface area contributed by atoms with E-state index in [1.165, 1.54) is 35.1 Å². The van der Waals surface area contributed by atoms with Gasteiger partial charge >= 0.3 is 0 Å². The second-order valence-electron chi connectivity index (χ2n) is 10.1. The van der Waals surface area contributed by atoms with Gasteiger partial charge in [-0.05, 0) is 85.4 Å². The van der Waals surface area contributed by atoms with Gasteiger partial charge in [0.2, 0.25) is 0 Å². The van der Waals surface area contributed by atoms with E-state index >= 15 is 0 Å². The number of likely N-dealkylation sites (tertiary alicyclic amines) is 1.